The van der Waals surface area contributed by atoms with Crippen LogP contribution < -0.4 is 0 Å². The average molecular weight is 289 g/mol. The lowest BCUT2D eigenvalue weighted by atomic mass is 9.99. The first-order valence-electron chi connectivity index (χ1n) is 5.83. The lowest BCUT2D eigenvalue weighted by Crippen LogP contribution is -2.44. The Kier molecular flexibility index (Phi) is 3.66. The van der Waals surface area contributed by atoms with Crippen LogP contribution in [-0.2, 0) is 10.0 Å². The molecule has 0 saturated carbocycles. The Balaban J connectivity index is 2.24. The summed E-state index contributed by atoms with van der Waals surface area (Å²) in [5, 5.41) is 17.9. The summed E-state index contributed by atoms with van der Waals surface area (Å²) in [6, 6.07) is 2.24. The maximum Gasteiger partial charge on any atom is 0.371 e. The number of aromatic carboxylic acids is 1. The van der Waals surface area contributed by atoms with E-state index in [2.05, 4.69) is 0 Å². The molecule has 0 aliphatic carbocycles. The van der Waals surface area contributed by atoms with Crippen LogP contribution in [-0.4, -0.2) is 48.1 Å². The second kappa shape index (κ2) is 4.95. The number of hydrogen-bond donors (Lipinski definition) is 2. The van der Waals surface area contributed by atoms with Crippen molar-refractivity contribution in [3.8, 4) is 0 Å². The van der Waals surface area contributed by atoms with Gasteiger partial charge in [0.15, 0.2) is 0 Å². The smallest absolute Gasteiger partial charge is 0.371 e. The highest BCUT2D eigenvalue weighted by Crippen LogP contribution is 2.25. The van der Waals surface area contributed by atoms with Crippen LogP contribution >= 0.6 is 0 Å². The van der Waals surface area contributed by atoms with Crippen LogP contribution in [0.4, 0.5) is 0 Å². The molecule has 0 radical (unpaired) electrons. The number of sulfonamides is 1. The van der Waals surface area contributed by atoms with Crippen molar-refractivity contribution in [2.24, 2.45) is 5.92 Å². The quantitative estimate of drug-likeness (QED) is 0.832. The topological polar surface area (TPSA) is 108 Å². The maximum absolute atomic E-state index is 12.2. The molecule has 2 unspecified atom stereocenters. The van der Waals surface area contributed by atoms with Crippen molar-refractivity contribution in [2.45, 2.75) is 24.5 Å². The largest absolute Gasteiger partial charge is 0.475 e. The second-order valence-electron chi connectivity index (χ2n) is 4.62. The van der Waals surface area contributed by atoms with Gasteiger partial charge in [-0.1, -0.05) is 6.92 Å². The Morgan fingerprint density at radius 2 is 2.16 bits per heavy atom. The molecule has 0 bridgehead atoms. The van der Waals surface area contributed by atoms with Gasteiger partial charge in [-0.3, -0.25) is 0 Å². The van der Waals surface area contributed by atoms with Gasteiger partial charge in [0.1, 0.15) is 0 Å². The number of nitrogens with zero attached hydrogens (tertiary/aromatic N) is 1. The third kappa shape index (κ3) is 2.65. The van der Waals surface area contributed by atoms with Crippen LogP contribution in [0.15, 0.2) is 21.6 Å². The molecule has 2 atom stereocenters. The van der Waals surface area contributed by atoms with E-state index in [-0.39, 0.29) is 24.1 Å². The monoisotopic (exact) mass is 289 g/mol. The van der Waals surface area contributed by atoms with Crippen LogP contribution in [0, 0.1) is 5.92 Å². The second-order valence-corrected chi connectivity index (χ2v) is 6.49. The van der Waals surface area contributed by atoms with E-state index in [0.29, 0.717) is 6.42 Å². The molecule has 1 fully saturated rings. The van der Waals surface area contributed by atoms with E-state index in [4.69, 9.17) is 9.52 Å². The van der Waals surface area contributed by atoms with Crippen LogP contribution in [0.5, 0.6) is 0 Å². The summed E-state index contributed by atoms with van der Waals surface area (Å²) >= 11 is 0. The van der Waals surface area contributed by atoms with Gasteiger partial charge in [0.25, 0.3) is 10.0 Å². The molecule has 2 N–H and O–H groups in total. The van der Waals surface area contributed by atoms with Gasteiger partial charge in [0.2, 0.25) is 10.9 Å². The van der Waals surface area contributed by atoms with Gasteiger partial charge in [-0.2, -0.15) is 4.31 Å². The highest BCUT2D eigenvalue weighted by molar-refractivity contribution is 7.89. The summed E-state index contributed by atoms with van der Waals surface area (Å²) < 4.78 is 30.5. The molecule has 1 saturated heterocycles. The Hall–Kier alpha value is -1.38. The number of rotatable bonds is 3. The number of carboxylic acid groups (broad SMARTS) is 1. The number of piperidine rings is 1. The zero-order valence-electron chi connectivity index (χ0n) is 10.3. The van der Waals surface area contributed by atoms with E-state index in [1.54, 1.807) is 6.92 Å². The Bertz CT molecular complexity index is 578. The molecule has 0 aromatic carbocycles. The summed E-state index contributed by atoms with van der Waals surface area (Å²) in [6.45, 7) is 2.14. The first-order valence-corrected chi connectivity index (χ1v) is 7.27. The van der Waals surface area contributed by atoms with Gasteiger partial charge in [-0.25, -0.2) is 13.2 Å². The number of aliphatic hydroxyl groups is 1. The molecule has 2 heterocycles. The van der Waals surface area contributed by atoms with E-state index >= 15 is 0 Å². The van der Waals surface area contributed by atoms with E-state index < -0.39 is 27.9 Å². The Morgan fingerprint density at radius 3 is 2.68 bits per heavy atom. The molecule has 0 amide bonds. The molecule has 106 valence electrons. The summed E-state index contributed by atoms with van der Waals surface area (Å²) in [7, 11) is -3.84. The van der Waals surface area contributed by atoms with Crippen LogP contribution in [0.3, 0.4) is 0 Å². The number of furan rings is 1. The third-order valence-corrected chi connectivity index (χ3v) is 4.95. The van der Waals surface area contributed by atoms with Gasteiger partial charge in [-0.15, -0.1) is 0 Å². The lowest BCUT2D eigenvalue weighted by molar-refractivity contribution is 0.0621. The van der Waals surface area contributed by atoms with Crippen molar-refractivity contribution in [2.75, 3.05) is 13.1 Å². The van der Waals surface area contributed by atoms with Crippen LogP contribution in [0.25, 0.3) is 0 Å². The predicted octanol–water partition coefficient (Wildman–Crippen LogP) is 0.369. The van der Waals surface area contributed by atoms with E-state index in [1.807, 2.05) is 0 Å². The van der Waals surface area contributed by atoms with Crippen LogP contribution in [0.1, 0.15) is 23.9 Å². The summed E-state index contributed by atoms with van der Waals surface area (Å²) in [5.41, 5.74) is 0. The van der Waals surface area contributed by atoms with E-state index in [0.717, 1.165) is 12.1 Å². The van der Waals surface area contributed by atoms with Gasteiger partial charge < -0.3 is 14.6 Å². The molecule has 1 aliphatic heterocycles. The van der Waals surface area contributed by atoms with E-state index in [1.165, 1.54) is 4.31 Å². The Labute approximate surface area is 110 Å². The fourth-order valence-corrected chi connectivity index (χ4v) is 3.48. The van der Waals surface area contributed by atoms with Crippen molar-refractivity contribution in [1.29, 1.82) is 0 Å². The fraction of sp³-hybridized carbons (Fsp3) is 0.545. The van der Waals surface area contributed by atoms with Gasteiger partial charge in [-0.05, 0) is 24.5 Å². The first-order chi connectivity index (χ1) is 8.82. The molecule has 1 aliphatic rings. The maximum atomic E-state index is 12.2. The average Bonchev–Trinajstić information content (AvgIpc) is 2.82. The minimum absolute atomic E-state index is 0.169. The number of carbonyl (C=O) groups is 1. The minimum atomic E-state index is -3.84. The predicted molar refractivity (Wildman–Crippen MR) is 64.2 cm³/mol. The molecular formula is C11H15NO6S. The van der Waals surface area contributed by atoms with Gasteiger partial charge >= 0.3 is 5.97 Å². The zero-order valence-corrected chi connectivity index (χ0v) is 11.1. The van der Waals surface area contributed by atoms with E-state index in [9.17, 15) is 18.3 Å². The summed E-state index contributed by atoms with van der Waals surface area (Å²) in [5.74, 6) is -1.90. The highest BCUT2D eigenvalue weighted by atomic mass is 32.2. The SMILES string of the molecule is CC1CN(S(=O)(=O)c2ccc(C(=O)O)o2)CCC1O. The molecular weight excluding hydrogens is 274 g/mol. The molecule has 1 aromatic heterocycles. The fourth-order valence-electron chi connectivity index (χ4n) is 2.01. The minimum Gasteiger partial charge on any atom is -0.475 e. The first kappa shape index (κ1) is 14.0. The molecule has 0 spiro atoms. The Morgan fingerprint density at radius 1 is 1.47 bits per heavy atom. The van der Waals surface area contributed by atoms with Crippen molar-refractivity contribution in [3.63, 3.8) is 0 Å². The van der Waals surface area contributed by atoms with Crippen molar-refractivity contribution in [1.82, 2.24) is 4.31 Å². The highest BCUT2D eigenvalue weighted by Gasteiger charge is 2.34. The third-order valence-electron chi connectivity index (χ3n) is 3.21. The van der Waals surface area contributed by atoms with Crippen molar-refractivity contribution < 1.29 is 27.8 Å². The number of hydrogen-bond acceptors (Lipinski definition) is 5. The van der Waals surface area contributed by atoms with Crippen molar-refractivity contribution >= 4 is 16.0 Å². The van der Waals surface area contributed by atoms with Gasteiger partial charge in [0.05, 0.1) is 6.10 Å². The summed E-state index contributed by atoms with van der Waals surface area (Å²) in [4.78, 5) is 10.7. The lowest BCUT2D eigenvalue weighted by Gasteiger charge is -2.32. The molecule has 1 aromatic rings. The molecule has 7 nitrogen and oxygen atoms in total. The van der Waals surface area contributed by atoms with Crippen molar-refractivity contribution in [3.05, 3.63) is 17.9 Å². The number of aliphatic hydroxyl groups excluding tert-OH is 1. The normalized spacial score (nSPS) is 25.4. The molecule has 19 heavy (non-hydrogen) atoms. The van der Waals surface area contributed by atoms with Crippen LogP contribution in [0.2, 0.25) is 0 Å². The zero-order chi connectivity index (χ0) is 14.2. The van der Waals surface area contributed by atoms with Gasteiger partial charge in [0, 0.05) is 13.1 Å². The molecule has 2 rings (SSSR count). The number of carboxylic acids is 1. The standard InChI is InChI=1S/C11H15NO6S/c1-7-6-12(5-4-8(7)13)19(16,17)10-3-2-9(18-10)11(14)15/h2-3,7-8,13H,4-6H2,1H3,(H,14,15). The molecule has 8 heteroatoms. The summed E-state index contributed by atoms with van der Waals surface area (Å²) in [6.07, 6.45) is -0.162.